The molecule has 118 valence electrons. The number of benzene rings is 1. The summed E-state index contributed by atoms with van der Waals surface area (Å²) in [7, 11) is 1.33. The lowest BCUT2D eigenvalue weighted by atomic mass is 10.1. The van der Waals surface area contributed by atoms with Crippen molar-refractivity contribution in [3.63, 3.8) is 0 Å². The van der Waals surface area contributed by atoms with Crippen LogP contribution in [0.2, 0.25) is 0 Å². The van der Waals surface area contributed by atoms with E-state index in [1.807, 2.05) is 6.07 Å². The molecule has 2 amide bonds. The number of nitrogens with one attached hydrogen (secondary N) is 2. The molecule has 0 aliphatic carbocycles. The first-order valence-corrected chi connectivity index (χ1v) is 6.74. The third kappa shape index (κ3) is 2.72. The van der Waals surface area contributed by atoms with E-state index in [1.165, 1.54) is 19.2 Å². The number of phenols is 1. The summed E-state index contributed by atoms with van der Waals surface area (Å²) in [5, 5.41) is 24.5. The summed E-state index contributed by atoms with van der Waals surface area (Å²) in [5.74, 6) is -1.50. The number of hydrogen-bond acceptors (Lipinski definition) is 7. The molecule has 0 aromatic heterocycles. The number of anilines is 1. The Hall–Kier alpha value is -3.34. The predicted octanol–water partition coefficient (Wildman–Crippen LogP) is 0.308. The Morgan fingerprint density at radius 1 is 1.30 bits per heavy atom. The van der Waals surface area contributed by atoms with Crippen LogP contribution >= 0.6 is 0 Å². The Bertz CT molecular complexity index is 776. The highest BCUT2D eigenvalue weighted by atomic mass is 16.3. The van der Waals surface area contributed by atoms with Crippen LogP contribution in [-0.4, -0.2) is 41.7 Å². The van der Waals surface area contributed by atoms with Gasteiger partial charge in [0.2, 0.25) is 0 Å². The molecule has 1 heterocycles. The van der Waals surface area contributed by atoms with Gasteiger partial charge in [0.1, 0.15) is 17.1 Å². The molecule has 0 atom stereocenters. The quantitative estimate of drug-likeness (QED) is 0.406. The van der Waals surface area contributed by atoms with Gasteiger partial charge in [-0.2, -0.15) is 5.26 Å². The molecule has 3 N–H and O–H groups in total. The SMILES string of the molecule is CCNC1=C(Nc2cc(C#N)cc(C=O)c2O)C(=O)N(C)C1=O. The number of likely N-dealkylation sites (N-methyl/N-ethyl adjacent to an activating group) is 2. The number of nitriles is 1. The van der Waals surface area contributed by atoms with Crippen molar-refractivity contribution in [3.8, 4) is 11.8 Å². The zero-order valence-corrected chi connectivity index (χ0v) is 12.5. The van der Waals surface area contributed by atoms with Crippen LogP contribution in [0.1, 0.15) is 22.8 Å². The first-order chi connectivity index (χ1) is 10.9. The van der Waals surface area contributed by atoms with E-state index in [-0.39, 0.29) is 28.2 Å². The summed E-state index contributed by atoms with van der Waals surface area (Å²) >= 11 is 0. The van der Waals surface area contributed by atoms with Crippen LogP contribution in [0.15, 0.2) is 23.5 Å². The van der Waals surface area contributed by atoms with E-state index in [4.69, 9.17) is 5.26 Å². The van der Waals surface area contributed by atoms with Crippen molar-refractivity contribution in [2.75, 3.05) is 18.9 Å². The summed E-state index contributed by atoms with van der Waals surface area (Å²) in [6.07, 6.45) is 0.398. The molecular formula is C15H14N4O4. The third-order valence-electron chi connectivity index (χ3n) is 3.30. The molecule has 0 spiro atoms. The van der Waals surface area contributed by atoms with Gasteiger partial charge in [0.15, 0.2) is 6.29 Å². The average Bonchev–Trinajstić information content (AvgIpc) is 2.75. The fourth-order valence-corrected chi connectivity index (χ4v) is 2.14. The molecule has 0 bridgehead atoms. The van der Waals surface area contributed by atoms with Crippen molar-refractivity contribution >= 4 is 23.8 Å². The maximum absolute atomic E-state index is 12.2. The molecule has 0 saturated carbocycles. The van der Waals surface area contributed by atoms with Gasteiger partial charge in [-0.1, -0.05) is 0 Å². The Morgan fingerprint density at radius 2 is 1.96 bits per heavy atom. The van der Waals surface area contributed by atoms with E-state index >= 15 is 0 Å². The minimum Gasteiger partial charge on any atom is -0.505 e. The van der Waals surface area contributed by atoms with Crippen LogP contribution in [0.5, 0.6) is 5.75 Å². The second-order valence-corrected chi connectivity index (χ2v) is 4.77. The van der Waals surface area contributed by atoms with Crippen molar-refractivity contribution in [1.29, 1.82) is 5.26 Å². The van der Waals surface area contributed by atoms with Gasteiger partial charge in [-0.15, -0.1) is 0 Å². The fraction of sp³-hybridized carbons (Fsp3) is 0.200. The van der Waals surface area contributed by atoms with Gasteiger partial charge in [0.25, 0.3) is 11.8 Å². The number of carbonyl (C=O) groups is 3. The van der Waals surface area contributed by atoms with Crippen molar-refractivity contribution in [2.45, 2.75) is 6.92 Å². The molecule has 1 aliphatic rings. The molecule has 8 nitrogen and oxygen atoms in total. The lowest BCUT2D eigenvalue weighted by Crippen LogP contribution is -2.29. The third-order valence-corrected chi connectivity index (χ3v) is 3.30. The maximum Gasteiger partial charge on any atom is 0.279 e. The van der Waals surface area contributed by atoms with Gasteiger partial charge in [-0.25, -0.2) is 0 Å². The number of aromatic hydroxyl groups is 1. The van der Waals surface area contributed by atoms with E-state index in [0.29, 0.717) is 12.8 Å². The van der Waals surface area contributed by atoms with E-state index < -0.39 is 17.6 Å². The van der Waals surface area contributed by atoms with Gasteiger partial charge in [0.05, 0.1) is 22.9 Å². The zero-order chi connectivity index (χ0) is 17.1. The van der Waals surface area contributed by atoms with Crippen LogP contribution in [0, 0.1) is 11.3 Å². The molecule has 1 aliphatic heterocycles. The fourth-order valence-electron chi connectivity index (χ4n) is 2.14. The Labute approximate surface area is 132 Å². The van der Waals surface area contributed by atoms with Crippen molar-refractivity contribution in [2.24, 2.45) is 0 Å². The van der Waals surface area contributed by atoms with Crippen LogP contribution in [0.25, 0.3) is 0 Å². The van der Waals surface area contributed by atoms with E-state index in [9.17, 15) is 19.5 Å². The van der Waals surface area contributed by atoms with E-state index in [0.717, 1.165) is 4.90 Å². The first-order valence-electron chi connectivity index (χ1n) is 6.74. The minimum absolute atomic E-state index is 0.00648. The number of hydrogen-bond donors (Lipinski definition) is 3. The number of imide groups is 1. The number of amides is 2. The molecule has 1 aromatic carbocycles. The number of carbonyl (C=O) groups excluding carboxylic acids is 3. The predicted molar refractivity (Wildman–Crippen MR) is 80.3 cm³/mol. The highest BCUT2D eigenvalue weighted by Gasteiger charge is 2.36. The number of aldehydes is 1. The summed E-state index contributed by atoms with van der Waals surface area (Å²) in [6.45, 7) is 2.18. The second-order valence-electron chi connectivity index (χ2n) is 4.77. The molecule has 8 heteroatoms. The number of rotatable bonds is 5. The number of nitrogens with zero attached hydrogens (tertiary/aromatic N) is 2. The van der Waals surface area contributed by atoms with Crippen molar-refractivity contribution < 1.29 is 19.5 Å². The largest absolute Gasteiger partial charge is 0.505 e. The summed E-state index contributed by atoms with van der Waals surface area (Å²) in [6, 6.07) is 4.37. The molecule has 0 radical (unpaired) electrons. The highest BCUT2D eigenvalue weighted by molar-refractivity contribution is 6.20. The maximum atomic E-state index is 12.2. The standard InChI is InChI=1S/C15H14N4O4/c1-3-17-11-12(15(23)19(2)14(11)22)18-10-5-8(6-16)4-9(7-20)13(10)21/h4-5,7,17-18,21H,3H2,1-2H3. The smallest absolute Gasteiger partial charge is 0.279 e. The molecule has 23 heavy (non-hydrogen) atoms. The number of phenolic OH excluding ortho intramolecular Hbond substituents is 1. The Kier molecular flexibility index (Phi) is 4.32. The summed E-state index contributed by atoms with van der Waals surface area (Å²) < 4.78 is 0. The van der Waals surface area contributed by atoms with Crippen LogP contribution in [0.4, 0.5) is 5.69 Å². The average molecular weight is 314 g/mol. The monoisotopic (exact) mass is 314 g/mol. The Morgan fingerprint density at radius 3 is 2.52 bits per heavy atom. The molecule has 1 aromatic rings. The van der Waals surface area contributed by atoms with Gasteiger partial charge in [-0.3, -0.25) is 19.3 Å². The minimum atomic E-state index is -0.583. The summed E-state index contributed by atoms with van der Waals surface area (Å²) in [4.78, 5) is 36.1. The van der Waals surface area contributed by atoms with E-state index in [2.05, 4.69) is 10.6 Å². The topological polar surface area (TPSA) is 123 Å². The van der Waals surface area contributed by atoms with Gasteiger partial charge in [0, 0.05) is 13.6 Å². The lowest BCUT2D eigenvalue weighted by molar-refractivity contribution is -0.136. The second kappa shape index (κ2) is 6.19. The first kappa shape index (κ1) is 16.0. The van der Waals surface area contributed by atoms with E-state index in [1.54, 1.807) is 6.92 Å². The van der Waals surface area contributed by atoms with Gasteiger partial charge in [-0.05, 0) is 19.1 Å². The van der Waals surface area contributed by atoms with Crippen LogP contribution in [-0.2, 0) is 9.59 Å². The zero-order valence-electron chi connectivity index (χ0n) is 12.5. The molecule has 0 saturated heterocycles. The normalized spacial score (nSPS) is 14.0. The highest BCUT2D eigenvalue weighted by Crippen LogP contribution is 2.31. The molecule has 0 fully saturated rings. The van der Waals surface area contributed by atoms with Crippen LogP contribution < -0.4 is 10.6 Å². The molecule has 2 rings (SSSR count). The molecule has 0 unspecified atom stereocenters. The lowest BCUT2D eigenvalue weighted by Gasteiger charge is -2.12. The Balaban J connectivity index is 2.53. The molecular weight excluding hydrogens is 300 g/mol. The van der Waals surface area contributed by atoms with Crippen LogP contribution in [0.3, 0.4) is 0 Å². The van der Waals surface area contributed by atoms with Gasteiger partial charge < -0.3 is 15.7 Å². The van der Waals surface area contributed by atoms with Crippen molar-refractivity contribution in [3.05, 3.63) is 34.7 Å². The van der Waals surface area contributed by atoms with Crippen molar-refractivity contribution in [1.82, 2.24) is 10.2 Å². The van der Waals surface area contributed by atoms with Gasteiger partial charge >= 0.3 is 0 Å². The summed E-state index contributed by atoms with van der Waals surface area (Å²) in [5.41, 5.74) is 0.0365.